The maximum absolute atomic E-state index is 12.4. The van der Waals surface area contributed by atoms with Crippen LogP contribution in [0.15, 0.2) is 12.2 Å². The van der Waals surface area contributed by atoms with E-state index in [4.69, 9.17) is 0 Å². The Labute approximate surface area is 346 Å². The second kappa shape index (κ2) is 47.5. The van der Waals surface area contributed by atoms with Gasteiger partial charge >= 0.3 is 0 Å². The van der Waals surface area contributed by atoms with Crippen molar-refractivity contribution in [3.8, 4) is 0 Å². The number of hydrogen-bond donors (Lipinski definition) is 3. The first-order valence-electron chi connectivity index (χ1n) is 25.4. The average Bonchev–Trinajstić information content (AvgIpc) is 3.19. The Morgan fingerprint density at radius 2 is 0.673 bits per heavy atom. The van der Waals surface area contributed by atoms with Crippen molar-refractivity contribution in [3.63, 3.8) is 0 Å². The van der Waals surface area contributed by atoms with Gasteiger partial charge in [0.1, 0.15) is 0 Å². The van der Waals surface area contributed by atoms with Crippen molar-refractivity contribution < 1.29 is 15.0 Å². The number of unbranched alkanes of at least 4 members (excludes halogenated alkanes) is 40. The lowest BCUT2D eigenvalue weighted by atomic mass is 10.0. The van der Waals surface area contributed by atoms with Gasteiger partial charge in [-0.15, -0.1) is 0 Å². The molecule has 0 aliphatic rings. The van der Waals surface area contributed by atoms with Gasteiger partial charge in [-0.25, -0.2) is 0 Å². The van der Waals surface area contributed by atoms with Gasteiger partial charge in [-0.1, -0.05) is 276 Å². The van der Waals surface area contributed by atoms with Crippen molar-refractivity contribution >= 4 is 5.91 Å². The Kier molecular flexibility index (Phi) is 46.8. The van der Waals surface area contributed by atoms with Crippen LogP contribution in [0.1, 0.15) is 290 Å². The summed E-state index contributed by atoms with van der Waals surface area (Å²) in [5.74, 6) is -0.0592. The lowest BCUT2D eigenvalue weighted by Gasteiger charge is -2.20. The third-order valence-corrected chi connectivity index (χ3v) is 12.0. The molecule has 3 N–H and O–H groups in total. The maximum Gasteiger partial charge on any atom is 0.220 e. The zero-order valence-electron chi connectivity index (χ0n) is 37.7. The summed E-state index contributed by atoms with van der Waals surface area (Å²) < 4.78 is 0. The van der Waals surface area contributed by atoms with Gasteiger partial charge in [-0.3, -0.25) is 4.79 Å². The van der Waals surface area contributed by atoms with Crippen LogP contribution in [0, 0.1) is 0 Å². The van der Waals surface area contributed by atoms with Crippen LogP contribution in [-0.2, 0) is 4.79 Å². The topological polar surface area (TPSA) is 69.6 Å². The van der Waals surface area contributed by atoms with E-state index >= 15 is 0 Å². The number of carbonyl (C=O) groups is 1. The highest BCUT2D eigenvalue weighted by Gasteiger charge is 2.18. The van der Waals surface area contributed by atoms with Crippen molar-refractivity contribution in [2.24, 2.45) is 0 Å². The quantitative estimate of drug-likeness (QED) is 0.0426. The summed E-state index contributed by atoms with van der Waals surface area (Å²) in [5.41, 5.74) is 0. The molecule has 0 heterocycles. The highest BCUT2D eigenvalue weighted by molar-refractivity contribution is 5.76. The fourth-order valence-corrected chi connectivity index (χ4v) is 8.12. The molecule has 1 amide bonds. The van der Waals surface area contributed by atoms with E-state index in [1.54, 1.807) is 6.08 Å². The zero-order chi connectivity index (χ0) is 40.0. The first-order valence-corrected chi connectivity index (χ1v) is 25.4. The molecule has 0 aromatic heterocycles. The molecule has 0 aliphatic heterocycles. The molecule has 0 rings (SSSR count). The van der Waals surface area contributed by atoms with Crippen LogP contribution < -0.4 is 5.32 Å². The molecule has 0 aromatic carbocycles. The number of carbonyl (C=O) groups excluding carboxylic acids is 1. The van der Waals surface area contributed by atoms with Crippen molar-refractivity contribution in [2.75, 3.05) is 6.61 Å². The monoisotopic (exact) mass is 776 g/mol. The van der Waals surface area contributed by atoms with E-state index in [-0.39, 0.29) is 12.5 Å². The molecule has 0 bridgehead atoms. The van der Waals surface area contributed by atoms with E-state index in [1.807, 2.05) is 6.08 Å². The SMILES string of the molecule is CCCCCCCCCCCCCCCCCCCCCCCCCCCCC/C=C/C(O)C(CO)NC(=O)CCCCCCCCCCCCCCCC. The standard InChI is InChI=1S/C51H101NO3/c1-3-5-7-9-11-13-15-17-19-20-21-22-23-24-25-26-27-28-29-30-31-32-33-34-36-38-40-42-44-46-50(54)49(48-53)52-51(55)47-45-43-41-39-37-35-18-16-14-12-10-8-6-4-2/h44,46,49-50,53-54H,3-43,45,47-48H2,1-2H3,(H,52,55)/b46-44+. The number of hydrogen-bond acceptors (Lipinski definition) is 3. The van der Waals surface area contributed by atoms with Crippen molar-refractivity contribution in [1.82, 2.24) is 5.32 Å². The lowest BCUT2D eigenvalue weighted by Crippen LogP contribution is -2.45. The first-order chi connectivity index (χ1) is 27.2. The summed E-state index contributed by atoms with van der Waals surface area (Å²) in [4.78, 5) is 12.4. The van der Waals surface area contributed by atoms with Gasteiger partial charge in [-0.2, -0.15) is 0 Å². The molecular formula is C51H101NO3. The summed E-state index contributed by atoms with van der Waals surface area (Å²) in [7, 11) is 0. The molecular weight excluding hydrogens is 675 g/mol. The first kappa shape index (κ1) is 54.1. The third-order valence-electron chi connectivity index (χ3n) is 12.0. The minimum absolute atomic E-state index is 0.0592. The molecule has 0 aliphatic carbocycles. The summed E-state index contributed by atoms with van der Waals surface area (Å²) in [6, 6.07) is -0.616. The van der Waals surface area contributed by atoms with Gasteiger partial charge in [0.25, 0.3) is 0 Å². The molecule has 0 saturated carbocycles. The van der Waals surface area contributed by atoms with Crippen LogP contribution in [0.4, 0.5) is 0 Å². The lowest BCUT2D eigenvalue weighted by molar-refractivity contribution is -0.123. The Balaban J connectivity index is 3.44. The van der Waals surface area contributed by atoms with Crippen molar-refractivity contribution in [3.05, 3.63) is 12.2 Å². The van der Waals surface area contributed by atoms with Crippen LogP contribution in [0.2, 0.25) is 0 Å². The molecule has 328 valence electrons. The fraction of sp³-hybridized carbons (Fsp3) is 0.941. The molecule has 2 unspecified atom stereocenters. The van der Waals surface area contributed by atoms with Crippen molar-refractivity contribution in [1.29, 1.82) is 0 Å². The molecule has 0 aromatic rings. The Morgan fingerprint density at radius 1 is 0.418 bits per heavy atom. The average molecular weight is 776 g/mol. The van der Waals surface area contributed by atoms with Crippen LogP contribution in [0.25, 0.3) is 0 Å². The molecule has 0 fully saturated rings. The normalized spacial score (nSPS) is 12.9. The third kappa shape index (κ3) is 44.1. The van der Waals surface area contributed by atoms with E-state index in [0.717, 1.165) is 25.7 Å². The van der Waals surface area contributed by atoms with Crippen LogP contribution >= 0.6 is 0 Å². The van der Waals surface area contributed by atoms with E-state index in [1.165, 1.54) is 244 Å². The molecule has 0 spiro atoms. The highest BCUT2D eigenvalue weighted by atomic mass is 16.3. The van der Waals surface area contributed by atoms with E-state index < -0.39 is 12.1 Å². The predicted molar refractivity (Wildman–Crippen MR) is 244 cm³/mol. The summed E-state index contributed by atoms with van der Waals surface area (Å²) in [5, 5.41) is 23.1. The smallest absolute Gasteiger partial charge is 0.220 e. The molecule has 2 atom stereocenters. The highest BCUT2D eigenvalue weighted by Crippen LogP contribution is 2.17. The number of aliphatic hydroxyl groups excluding tert-OH is 2. The van der Waals surface area contributed by atoms with E-state index in [2.05, 4.69) is 19.2 Å². The molecule has 55 heavy (non-hydrogen) atoms. The minimum Gasteiger partial charge on any atom is -0.394 e. The summed E-state index contributed by atoms with van der Waals surface area (Å²) in [6.07, 6.45) is 60.7. The maximum atomic E-state index is 12.4. The van der Waals surface area contributed by atoms with Crippen LogP contribution in [-0.4, -0.2) is 34.9 Å². The minimum atomic E-state index is -0.834. The summed E-state index contributed by atoms with van der Waals surface area (Å²) in [6.45, 7) is 4.34. The van der Waals surface area contributed by atoms with Crippen LogP contribution in [0.5, 0.6) is 0 Å². The number of nitrogens with one attached hydrogen (secondary N) is 1. The van der Waals surface area contributed by atoms with Gasteiger partial charge < -0.3 is 15.5 Å². The van der Waals surface area contributed by atoms with Gasteiger partial charge in [0.15, 0.2) is 0 Å². The number of rotatable bonds is 47. The Hall–Kier alpha value is -0.870. The van der Waals surface area contributed by atoms with Gasteiger partial charge in [0, 0.05) is 6.42 Å². The van der Waals surface area contributed by atoms with Gasteiger partial charge in [0.05, 0.1) is 18.8 Å². The molecule has 4 nitrogen and oxygen atoms in total. The second-order valence-electron chi connectivity index (χ2n) is 17.6. The molecule has 0 radical (unpaired) electrons. The number of allylic oxidation sites excluding steroid dienone is 1. The zero-order valence-corrected chi connectivity index (χ0v) is 37.7. The van der Waals surface area contributed by atoms with Gasteiger partial charge in [-0.05, 0) is 19.3 Å². The predicted octanol–water partition coefficient (Wildman–Crippen LogP) is 16.2. The molecule has 0 saturated heterocycles. The Morgan fingerprint density at radius 3 is 0.945 bits per heavy atom. The number of amides is 1. The van der Waals surface area contributed by atoms with Crippen LogP contribution in [0.3, 0.4) is 0 Å². The molecule has 4 heteroatoms. The van der Waals surface area contributed by atoms with Crippen molar-refractivity contribution in [2.45, 2.75) is 302 Å². The van der Waals surface area contributed by atoms with Gasteiger partial charge in [0.2, 0.25) is 5.91 Å². The number of aliphatic hydroxyl groups is 2. The second-order valence-corrected chi connectivity index (χ2v) is 17.6. The largest absolute Gasteiger partial charge is 0.394 e. The fourth-order valence-electron chi connectivity index (χ4n) is 8.12. The Bertz CT molecular complexity index is 754. The van der Waals surface area contributed by atoms with E-state index in [0.29, 0.717) is 6.42 Å². The summed E-state index contributed by atoms with van der Waals surface area (Å²) >= 11 is 0. The van der Waals surface area contributed by atoms with E-state index in [9.17, 15) is 15.0 Å².